The molecule has 12 heavy (non-hydrogen) atoms. The van der Waals surface area contributed by atoms with E-state index >= 15 is 0 Å². The van der Waals surface area contributed by atoms with Gasteiger partial charge in [-0.2, -0.15) is 0 Å². The second-order valence-electron chi connectivity index (χ2n) is 2.29. The van der Waals surface area contributed by atoms with Gasteiger partial charge in [0.1, 0.15) is 0 Å². The van der Waals surface area contributed by atoms with Crippen molar-refractivity contribution in [2.24, 2.45) is 0 Å². The van der Waals surface area contributed by atoms with E-state index in [0.717, 1.165) is 0 Å². The lowest BCUT2D eigenvalue weighted by molar-refractivity contribution is -0.118. The zero-order valence-corrected chi connectivity index (χ0v) is 7.19. The van der Waals surface area contributed by atoms with Gasteiger partial charge in [-0.3, -0.25) is 10.1 Å². The van der Waals surface area contributed by atoms with E-state index in [4.69, 9.17) is 5.11 Å². The van der Waals surface area contributed by atoms with Crippen molar-refractivity contribution >= 4 is 23.7 Å². The van der Waals surface area contributed by atoms with Crippen molar-refractivity contribution in [2.75, 3.05) is 12.4 Å². The lowest BCUT2D eigenvalue weighted by Crippen LogP contribution is -2.25. The Morgan fingerprint density at radius 1 is 1.50 bits per heavy atom. The standard InChI is InChI=1S/C6H10N2O3S/c9-2-1-3-12-5-4(10)7-6(11)8-5/h5,9H,1-3H2,(H2,7,8,10,11). The van der Waals surface area contributed by atoms with Crippen LogP contribution in [0.5, 0.6) is 0 Å². The molecule has 1 unspecified atom stereocenters. The second-order valence-corrected chi connectivity index (χ2v) is 3.50. The first-order chi connectivity index (χ1) is 5.74. The predicted molar refractivity (Wildman–Crippen MR) is 44.6 cm³/mol. The molecule has 0 spiro atoms. The van der Waals surface area contributed by atoms with Crippen LogP contribution in [-0.4, -0.2) is 34.8 Å². The maximum absolute atomic E-state index is 10.9. The van der Waals surface area contributed by atoms with Gasteiger partial charge in [-0.1, -0.05) is 0 Å². The zero-order chi connectivity index (χ0) is 8.97. The van der Waals surface area contributed by atoms with E-state index < -0.39 is 11.4 Å². The molecule has 6 heteroatoms. The second kappa shape index (κ2) is 4.32. The Morgan fingerprint density at radius 3 is 2.75 bits per heavy atom. The maximum Gasteiger partial charge on any atom is 0.322 e. The summed E-state index contributed by atoms with van der Waals surface area (Å²) in [6.07, 6.45) is 0.629. The first-order valence-corrected chi connectivity index (χ1v) is 4.62. The number of nitrogens with one attached hydrogen (secondary N) is 2. The largest absolute Gasteiger partial charge is 0.396 e. The van der Waals surface area contributed by atoms with Crippen LogP contribution in [0.3, 0.4) is 0 Å². The van der Waals surface area contributed by atoms with Crippen molar-refractivity contribution in [2.45, 2.75) is 11.8 Å². The Bertz CT molecular complexity index is 197. The lowest BCUT2D eigenvalue weighted by Gasteiger charge is -2.04. The summed E-state index contributed by atoms with van der Waals surface area (Å²) in [5, 5.41) is 12.5. The van der Waals surface area contributed by atoms with Gasteiger partial charge in [0.2, 0.25) is 0 Å². The first-order valence-electron chi connectivity index (χ1n) is 3.58. The average Bonchev–Trinajstić information content (AvgIpc) is 2.31. The van der Waals surface area contributed by atoms with E-state index in [0.29, 0.717) is 12.2 Å². The number of carbonyl (C=O) groups is 2. The minimum Gasteiger partial charge on any atom is -0.396 e. The van der Waals surface area contributed by atoms with E-state index in [-0.39, 0.29) is 12.5 Å². The Kier molecular flexibility index (Phi) is 3.36. The van der Waals surface area contributed by atoms with Crippen LogP contribution in [0.4, 0.5) is 4.79 Å². The quantitative estimate of drug-likeness (QED) is 0.403. The number of thioether (sulfide) groups is 1. The summed E-state index contributed by atoms with van der Waals surface area (Å²) in [6.45, 7) is 0.106. The molecule has 3 amide bonds. The van der Waals surface area contributed by atoms with Gasteiger partial charge >= 0.3 is 6.03 Å². The van der Waals surface area contributed by atoms with Crippen LogP contribution in [0.2, 0.25) is 0 Å². The number of rotatable bonds is 4. The molecule has 0 aromatic heterocycles. The molecule has 0 bridgehead atoms. The summed E-state index contributed by atoms with van der Waals surface area (Å²) >= 11 is 1.32. The molecule has 5 nitrogen and oxygen atoms in total. The fraction of sp³-hybridized carbons (Fsp3) is 0.667. The van der Waals surface area contributed by atoms with Crippen molar-refractivity contribution in [3.05, 3.63) is 0 Å². The molecule has 0 aromatic rings. The molecule has 1 atom stereocenters. The van der Waals surface area contributed by atoms with Crippen LogP contribution >= 0.6 is 11.8 Å². The van der Waals surface area contributed by atoms with Gasteiger partial charge in [0, 0.05) is 6.61 Å². The third-order valence-electron chi connectivity index (χ3n) is 1.32. The van der Waals surface area contributed by atoms with Crippen LogP contribution in [0.25, 0.3) is 0 Å². The number of carbonyl (C=O) groups excluding carboxylic acids is 2. The summed E-state index contributed by atoms with van der Waals surface area (Å²) in [7, 11) is 0. The number of imide groups is 1. The molecule has 0 aliphatic carbocycles. The highest BCUT2D eigenvalue weighted by atomic mass is 32.2. The molecule has 68 valence electrons. The van der Waals surface area contributed by atoms with Gasteiger partial charge < -0.3 is 10.4 Å². The minimum absolute atomic E-state index is 0.106. The molecule has 1 saturated heterocycles. The summed E-state index contributed by atoms with van der Waals surface area (Å²) in [5.74, 6) is 0.359. The van der Waals surface area contributed by atoms with Gasteiger partial charge in [-0.05, 0) is 12.2 Å². The topological polar surface area (TPSA) is 78.4 Å². The highest BCUT2D eigenvalue weighted by Gasteiger charge is 2.29. The Morgan fingerprint density at radius 2 is 2.25 bits per heavy atom. The Labute approximate surface area is 73.9 Å². The molecular weight excluding hydrogens is 180 g/mol. The van der Waals surface area contributed by atoms with Crippen LogP contribution in [-0.2, 0) is 4.79 Å². The van der Waals surface area contributed by atoms with Crippen molar-refractivity contribution in [3.8, 4) is 0 Å². The number of urea groups is 1. The third-order valence-corrected chi connectivity index (χ3v) is 2.51. The van der Waals surface area contributed by atoms with Crippen molar-refractivity contribution in [1.29, 1.82) is 0 Å². The van der Waals surface area contributed by atoms with E-state index in [9.17, 15) is 9.59 Å². The van der Waals surface area contributed by atoms with Crippen molar-refractivity contribution in [1.82, 2.24) is 10.6 Å². The first kappa shape index (κ1) is 9.34. The number of hydrogen-bond acceptors (Lipinski definition) is 4. The van der Waals surface area contributed by atoms with Gasteiger partial charge in [0.25, 0.3) is 5.91 Å². The Balaban J connectivity index is 2.24. The summed E-state index contributed by atoms with van der Waals surface area (Å²) < 4.78 is 0. The molecule has 1 heterocycles. The molecule has 0 radical (unpaired) electrons. The zero-order valence-electron chi connectivity index (χ0n) is 6.37. The van der Waals surface area contributed by atoms with Crippen molar-refractivity contribution in [3.63, 3.8) is 0 Å². The molecule has 0 aromatic carbocycles. The fourth-order valence-electron chi connectivity index (χ4n) is 0.781. The minimum atomic E-state index is -0.482. The van der Waals surface area contributed by atoms with E-state index in [2.05, 4.69) is 10.6 Å². The molecule has 0 saturated carbocycles. The van der Waals surface area contributed by atoms with Gasteiger partial charge in [0.15, 0.2) is 5.37 Å². The lowest BCUT2D eigenvalue weighted by atomic mass is 10.5. The normalized spacial score (nSPS) is 22.2. The average molecular weight is 190 g/mol. The van der Waals surface area contributed by atoms with E-state index in [1.54, 1.807) is 0 Å². The van der Waals surface area contributed by atoms with Crippen molar-refractivity contribution < 1.29 is 14.7 Å². The maximum atomic E-state index is 10.9. The van der Waals surface area contributed by atoms with Gasteiger partial charge in [-0.25, -0.2) is 4.79 Å². The molecule has 1 aliphatic rings. The number of aliphatic hydroxyl groups excluding tert-OH is 1. The summed E-state index contributed by atoms with van der Waals surface area (Å²) in [4.78, 5) is 21.5. The summed E-state index contributed by atoms with van der Waals surface area (Å²) in [5.41, 5.74) is 0. The number of aliphatic hydroxyl groups is 1. The summed E-state index contributed by atoms with van der Waals surface area (Å²) in [6, 6.07) is -0.443. The molecular formula is C6H10N2O3S. The number of amides is 3. The van der Waals surface area contributed by atoms with Gasteiger partial charge in [0.05, 0.1) is 0 Å². The predicted octanol–water partition coefficient (Wildman–Crippen LogP) is -0.733. The van der Waals surface area contributed by atoms with Crippen LogP contribution in [0.15, 0.2) is 0 Å². The van der Waals surface area contributed by atoms with E-state index in [1.807, 2.05) is 0 Å². The SMILES string of the molecule is O=C1NC(=O)C(SCCCO)N1. The Hall–Kier alpha value is -0.750. The number of hydrogen-bond donors (Lipinski definition) is 3. The van der Waals surface area contributed by atoms with Crippen LogP contribution in [0, 0.1) is 0 Å². The highest BCUT2D eigenvalue weighted by Crippen LogP contribution is 2.12. The third kappa shape index (κ3) is 2.38. The smallest absolute Gasteiger partial charge is 0.322 e. The van der Waals surface area contributed by atoms with Crippen LogP contribution in [0.1, 0.15) is 6.42 Å². The van der Waals surface area contributed by atoms with Gasteiger partial charge in [-0.15, -0.1) is 11.8 Å². The molecule has 1 fully saturated rings. The van der Waals surface area contributed by atoms with Crippen LogP contribution < -0.4 is 10.6 Å². The molecule has 1 aliphatic heterocycles. The molecule has 1 rings (SSSR count). The van der Waals surface area contributed by atoms with E-state index in [1.165, 1.54) is 11.8 Å². The fourth-order valence-corrected chi connectivity index (χ4v) is 1.71. The molecule has 3 N–H and O–H groups in total. The highest BCUT2D eigenvalue weighted by molar-refractivity contribution is 8.00. The monoisotopic (exact) mass is 190 g/mol.